The van der Waals surface area contributed by atoms with Crippen molar-refractivity contribution < 1.29 is 9.09 Å². The van der Waals surface area contributed by atoms with Crippen LogP contribution < -0.4 is 14.7 Å². The maximum atomic E-state index is 14.4. The zero-order chi connectivity index (χ0) is 20.6. The van der Waals surface area contributed by atoms with Crippen molar-refractivity contribution >= 4 is 18.4 Å². The average Bonchev–Trinajstić information content (AvgIpc) is 2.91. The van der Waals surface area contributed by atoms with E-state index in [-0.39, 0.29) is 5.41 Å². The molecule has 0 spiro atoms. The summed E-state index contributed by atoms with van der Waals surface area (Å²) in [4.78, 5) is 2.13. The summed E-state index contributed by atoms with van der Waals surface area (Å²) in [7, 11) is -1.29. The van der Waals surface area contributed by atoms with Crippen molar-refractivity contribution in [3.8, 4) is 5.75 Å². The van der Waals surface area contributed by atoms with Gasteiger partial charge in [0.15, 0.2) is 0 Å². The molecule has 0 aliphatic carbocycles. The van der Waals surface area contributed by atoms with E-state index in [1.807, 2.05) is 80.5 Å². The van der Waals surface area contributed by atoms with Gasteiger partial charge in [-0.25, -0.2) is 0 Å². The Bertz CT molecular complexity index is 1120. The molecule has 3 aromatic carbocycles. The van der Waals surface area contributed by atoms with E-state index in [4.69, 9.17) is 4.52 Å². The summed E-state index contributed by atoms with van der Waals surface area (Å²) in [6.45, 7) is 6.31. The summed E-state index contributed by atoms with van der Waals surface area (Å²) in [5.41, 5.74) is 4.04. The van der Waals surface area contributed by atoms with Gasteiger partial charge in [0.2, 0.25) is 0 Å². The summed E-state index contributed by atoms with van der Waals surface area (Å²) in [5, 5.41) is 0.691. The van der Waals surface area contributed by atoms with Crippen LogP contribution in [0.25, 0.3) is 0 Å². The minimum absolute atomic E-state index is 0.273. The van der Waals surface area contributed by atoms with Crippen LogP contribution in [0.2, 0.25) is 0 Å². The summed E-state index contributed by atoms with van der Waals surface area (Å²) >= 11 is 0. The number of aryl methyl sites for hydroxylation is 1. The number of nitrogens with zero attached hydrogens (tertiary/aromatic N) is 1. The molecule has 0 amide bonds. The van der Waals surface area contributed by atoms with Crippen LogP contribution in [0, 0.1) is 6.92 Å². The molecular weight excluding hydrogens is 377 g/mol. The highest BCUT2D eigenvalue weighted by Gasteiger charge is 2.41. The number of fused-ring (bicyclic) bond motifs is 1. The minimum Gasteiger partial charge on any atom is -0.437 e. The van der Waals surface area contributed by atoms with Crippen molar-refractivity contribution in [3.05, 3.63) is 102 Å². The standard InChI is InChI=1S/C25H26NO2P/c1-19-12-8-11-17-23(19)28-29(27,20-13-6-5-7-14-20)18-24-25(2,3)21-15-9-10-16-22(21)26(24)4/h5-18H,1-4H3/b24-18-/t29-/m1/s1. The third-order valence-electron chi connectivity index (χ3n) is 5.68. The normalized spacial score (nSPS) is 18.3. The van der Waals surface area contributed by atoms with Crippen LogP contribution in [-0.4, -0.2) is 7.05 Å². The third-order valence-corrected chi connectivity index (χ3v) is 7.75. The number of para-hydroxylation sites is 2. The van der Waals surface area contributed by atoms with Gasteiger partial charge < -0.3 is 9.42 Å². The van der Waals surface area contributed by atoms with Gasteiger partial charge >= 0.3 is 7.37 Å². The van der Waals surface area contributed by atoms with Crippen molar-refractivity contribution in [1.29, 1.82) is 0 Å². The molecule has 0 bridgehead atoms. The van der Waals surface area contributed by atoms with Crippen LogP contribution in [0.15, 0.2) is 90.4 Å². The van der Waals surface area contributed by atoms with E-state index in [9.17, 15) is 4.57 Å². The molecule has 1 heterocycles. The highest BCUT2D eigenvalue weighted by Crippen LogP contribution is 2.55. The SMILES string of the molecule is Cc1ccccc1O[P@](=O)(/C=C1\N(C)c2ccccc2C1(C)C)c1ccccc1. The number of anilines is 1. The molecule has 0 radical (unpaired) electrons. The monoisotopic (exact) mass is 403 g/mol. The van der Waals surface area contributed by atoms with Gasteiger partial charge in [-0.2, -0.15) is 0 Å². The predicted octanol–water partition coefficient (Wildman–Crippen LogP) is 6.25. The second kappa shape index (κ2) is 7.24. The molecule has 3 nitrogen and oxygen atoms in total. The van der Waals surface area contributed by atoms with Crippen LogP contribution in [-0.2, 0) is 9.98 Å². The second-order valence-corrected chi connectivity index (χ2v) is 10.2. The molecule has 1 atom stereocenters. The molecule has 29 heavy (non-hydrogen) atoms. The number of allylic oxidation sites excluding steroid dienone is 1. The van der Waals surface area contributed by atoms with E-state index in [0.29, 0.717) is 11.1 Å². The molecule has 4 heteroatoms. The first-order valence-electron chi connectivity index (χ1n) is 9.80. The molecule has 1 aliphatic rings. The molecule has 0 N–H and O–H groups in total. The van der Waals surface area contributed by atoms with E-state index >= 15 is 0 Å². The Morgan fingerprint density at radius 3 is 2.21 bits per heavy atom. The Morgan fingerprint density at radius 1 is 0.897 bits per heavy atom. The Morgan fingerprint density at radius 2 is 1.52 bits per heavy atom. The van der Waals surface area contributed by atoms with Crippen LogP contribution in [0.4, 0.5) is 5.69 Å². The van der Waals surface area contributed by atoms with E-state index in [0.717, 1.165) is 16.9 Å². The first-order chi connectivity index (χ1) is 13.8. The van der Waals surface area contributed by atoms with E-state index in [1.165, 1.54) is 5.56 Å². The number of rotatable bonds is 4. The van der Waals surface area contributed by atoms with Crippen LogP contribution >= 0.6 is 7.37 Å². The number of hydrogen-bond acceptors (Lipinski definition) is 3. The van der Waals surface area contributed by atoms with Crippen molar-refractivity contribution in [2.75, 3.05) is 11.9 Å². The van der Waals surface area contributed by atoms with Gasteiger partial charge in [0.05, 0.1) is 5.30 Å². The largest absolute Gasteiger partial charge is 0.437 e. The minimum atomic E-state index is -3.32. The molecule has 4 rings (SSSR count). The lowest BCUT2D eigenvalue weighted by molar-refractivity contribution is 0.498. The molecule has 3 aromatic rings. The fourth-order valence-electron chi connectivity index (χ4n) is 3.98. The van der Waals surface area contributed by atoms with Crippen LogP contribution in [0.1, 0.15) is 25.0 Å². The van der Waals surface area contributed by atoms with Crippen molar-refractivity contribution in [1.82, 2.24) is 0 Å². The van der Waals surface area contributed by atoms with Gasteiger partial charge in [0, 0.05) is 29.7 Å². The lowest BCUT2D eigenvalue weighted by Gasteiger charge is -2.27. The van der Waals surface area contributed by atoms with Crippen LogP contribution in [0.3, 0.4) is 0 Å². The van der Waals surface area contributed by atoms with Gasteiger partial charge in [0.25, 0.3) is 0 Å². The maximum Gasteiger partial charge on any atom is 0.301 e. The fourth-order valence-corrected chi connectivity index (χ4v) is 6.19. The Balaban J connectivity index is 1.87. The highest BCUT2D eigenvalue weighted by atomic mass is 31.2. The average molecular weight is 403 g/mol. The van der Waals surface area contributed by atoms with Gasteiger partial charge in [-0.1, -0.05) is 68.4 Å². The number of hydrogen-bond donors (Lipinski definition) is 0. The zero-order valence-corrected chi connectivity index (χ0v) is 18.2. The molecule has 0 saturated heterocycles. The molecule has 148 valence electrons. The molecule has 1 aliphatic heterocycles. The summed E-state index contributed by atoms with van der Waals surface area (Å²) < 4.78 is 20.6. The summed E-state index contributed by atoms with van der Waals surface area (Å²) in [6, 6.07) is 25.5. The van der Waals surface area contributed by atoms with Gasteiger partial charge in [-0.15, -0.1) is 0 Å². The van der Waals surface area contributed by atoms with Crippen molar-refractivity contribution in [3.63, 3.8) is 0 Å². The molecule has 0 saturated carbocycles. The topological polar surface area (TPSA) is 29.5 Å². The van der Waals surface area contributed by atoms with Gasteiger partial charge in [0.1, 0.15) is 5.75 Å². The van der Waals surface area contributed by atoms with Gasteiger partial charge in [-0.05, 0) is 42.3 Å². The fraction of sp³-hybridized carbons (Fsp3) is 0.200. The first-order valence-corrected chi connectivity index (χ1v) is 11.5. The third kappa shape index (κ3) is 3.41. The molecule has 0 unspecified atom stereocenters. The quantitative estimate of drug-likeness (QED) is 0.483. The maximum absolute atomic E-state index is 14.4. The number of benzene rings is 3. The molecule has 0 fully saturated rings. The first kappa shape index (κ1) is 19.5. The number of likely N-dealkylation sites (N-methyl/N-ethyl adjacent to an activating group) is 1. The van der Waals surface area contributed by atoms with Crippen molar-refractivity contribution in [2.45, 2.75) is 26.2 Å². The summed E-state index contributed by atoms with van der Waals surface area (Å²) in [5.74, 6) is 2.50. The van der Waals surface area contributed by atoms with Crippen molar-refractivity contribution in [2.24, 2.45) is 0 Å². The Kier molecular flexibility index (Phi) is 4.88. The van der Waals surface area contributed by atoms with E-state index in [2.05, 4.69) is 36.9 Å². The highest BCUT2D eigenvalue weighted by molar-refractivity contribution is 7.70. The summed E-state index contributed by atoms with van der Waals surface area (Å²) in [6.07, 6.45) is 0. The van der Waals surface area contributed by atoms with E-state index < -0.39 is 7.37 Å². The second-order valence-electron chi connectivity index (χ2n) is 8.00. The van der Waals surface area contributed by atoms with Crippen LogP contribution in [0.5, 0.6) is 5.75 Å². The Labute approximate surface area is 173 Å². The van der Waals surface area contributed by atoms with Gasteiger partial charge in [-0.3, -0.25) is 4.57 Å². The predicted molar refractivity (Wildman–Crippen MR) is 121 cm³/mol. The molecule has 0 aromatic heterocycles. The lowest BCUT2D eigenvalue weighted by Crippen LogP contribution is -2.24. The lowest BCUT2D eigenvalue weighted by atomic mass is 9.84. The smallest absolute Gasteiger partial charge is 0.301 e. The Hall–Kier alpha value is -2.77. The molecular formula is C25H26NO2P. The van der Waals surface area contributed by atoms with E-state index in [1.54, 1.807) is 0 Å². The zero-order valence-electron chi connectivity index (χ0n) is 17.3.